The Labute approximate surface area is 179 Å². The molecule has 0 heterocycles. The van der Waals surface area contributed by atoms with E-state index in [4.69, 9.17) is 4.74 Å². The number of allylic oxidation sites excluding steroid dienone is 1. The van der Waals surface area contributed by atoms with Crippen molar-refractivity contribution >= 4 is 21.6 Å². The van der Waals surface area contributed by atoms with Crippen LogP contribution >= 0.6 is 15.9 Å². The molecule has 0 aliphatic heterocycles. The van der Waals surface area contributed by atoms with Crippen molar-refractivity contribution in [2.45, 2.75) is 57.3 Å². The summed E-state index contributed by atoms with van der Waals surface area (Å²) in [5.74, 6) is 0. The highest BCUT2D eigenvalue weighted by Crippen LogP contribution is 2.40. The van der Waals surface area contributed by atoms with E-state index < -0.39 is 11.7 Å². The first-order valence-corrected chi connectivity index (χ1v) is 10.8. The van der Waals surface area contributed by atoms with Crippen molar-refractivity contribution in [2.24, 2.45) is 0 Å². The molecule has 0 amide bonds. The largest absolute Gasteiger partial charge is 0.418 e. The molecule has 0 saturated heterocycles. The number of alkyl halides is 3. The van der Waals surface area contributed by atoms with Gasteiger partial charge in [-0.25, -0.2) is 0 Å². The third-order valence-electron chi connectivity index (χ3n) is 5.15. The second-order valence-corrected chi connectivity index (χ2v) is 8.40. The normalized spacial score (nSPS) is 19.8. The molecule has 0 spiro atoms. The van der Waals surface area contributed by atoms with Crippen molar-refractivity contribution in [1.29, 1.82) is 0 Å². The van der Waals surface area contributed by atoms with Gasteiger partial charge >= 0.3 is 6.18 Å². The summed E-state index contributed by atoms with van der Waals surface area (Å²) < 4.78 is 47.4. The van der Waals surface area contributed by atoms with Crippen molar-refractivity contribution in [2.75, 3.05) is 32.1 Å². The lowest BCUT2D eigenvalue weighted by atomic mass is 9.89. The molecule has 164 valence electrons. The molecule has 1 fully saturated rings. The van der Waals surface area contributed by atoms with Crippen molar-refractivity contribution in [3.05, 3.63) is 40.0 Å². The second kappa shape index (κ2) is 11.2. The number of ether oxygens (including phenoxy) is 1. The summed E-state index contributed by atoms with van der Waals surface area (Å²) in [6, 6.07) is 3.03. The predicted octanol–water partition coefficient (Wildman–Crippen LogP) is 5.09. The quantitative estimate of drug-likeness (QED) is 0.410. The van der Waals surface area contributed by atoms with E-state index in [9.17, 15) is 13.2 Å². The lowest BCUT2D eigenvalue weighted by molar-refractivity contribution is -0.137. The lowest BCUT2D eigenvalue weighted by Gasteiger charge is -2.34. The highest BCUT2D eigenvalue weighted by molar-refractivity contribution is 9.10. The van der Waals surface area contributed by atoms with E-state index >= 15 is 0 Å². The molecule has 1 saturated carbocycles. The van der Waals surface area contributed by atoms with Gasteiger partial charge in [-0.2, -0.15) is 13.2 Å². The fourth-order valence-corrected chi connectivity index (χ4v) is 4.22. The minimum Gasteiger partial charge on any atom is -0.387 e. The van der Waals surface area contributed by atoms with Crippen molar-refractivity contribution in [3.8, 4) is 0 Å². The molecule has 1 aromatic rings. The fraction of sp³-hybridized carbons (Fsp3) is 0.619. The maximum atomic E-state index is 13.8. The van der Waals surface area contributed by atoms with Crippen LogP contribution in [0.3, 0.4) is 0 Å². The van der Waals surface area contributed by atoms with Crippen molar-refractivity contribution in [3.63, 3.8) is 0 Å². The van der Waals surface area contributed by atoms with Gasteiger partial charge in [0.15, 0.2) is 0 Å². The van der Waals surface area contributed by atoms with Crippen LogP contribution in [0.25, 0.3) is 0 Å². The van der Waals surface area contributed by atoms with Gasteiger partial charge < -0.3 is 20.7 Å². The van der Waals surface area contributed by atoms with Crippen LogP contribution in [0.15, 0.2) is 28.9 Å². The van der Waals surface area contributed by atoms with Gasteiger partial charge in [0.2, 0.25) is 0 Å². The Morgan fingerprint density at radius 3 is 2.52 bits per heavy atom. The fourth-order valence-electron chi connectivity index (χ4n) is 3.71. The van der Waals surface area contributed by atoms with E-state index in [1.165, 1.54) is 0 Å². The SMILES string of the molecule is C=C(C)NCCOCCc1cc(Br)cc(C(F)(F)F)c1NC1CCCCC1NC. The number of anilines is 1. The highest BCUT2D eigenvalue weighted by Gasteiger charge is 2.36. The van der Waals surface area contributed by atoms with Gasteiger partial charge in [-0.3, -0.25) is 0 Å². The number of nitrogens with one attached hydrogen (secondary N) is 3. The molecular formula is C21H31BrF3N3O. The highest BCUT2D eigenvalue weighted by atomic mass is 79.9. The van der Waals surface area contributed by atoms with Gasteiger partial charge in [0.05, 0.1) is 24.5 Å². The molecule has 2 atom stereocenters. The zero-order valence-corrected chi connectivity index (χ0v) is 18.7. The van der Waals surface area contributed by atoms with Crippen LogP contribution in [0.1, 0.15) is 43.7 Å². The second-order valence-electron chi connectivity index (χ2n) is 7.49. The van der Waals surface area contributed by atoms with Crippen molar-refractivity contribution in [1.82, 2.24) is 10.6 Å². The standard InChI is InChI=1S/C21H31BrF3N3O/c1-14(2)27-9-11-29-10-8-15-12-16(22)13-17(21(23,24)25)20(15)28-19-7-5-4-6-18(19)26-3/h12-13,18-19,26-28H,1,4-11H2,2-3H3. The molecule has 1 aromatic carbocycles. The first kappa shape index (κ1) is 24.0. The Balaban J connectivity index is 2.17. The minimum atomic E-state index is -4.43. The molecule has 0 bridgehead atoms. The molecule has 2 unspecified atom stereocenters. The summed E-state index contributed by atoms with van der Waals surface area (Å²) in [5.41, 5.74) is 1.01. The maximum absolute atomic E-state index is 13.8. The van der Waals surface area contributed by atoms with Crippen LogP contribution in [0, 0.1) is 0 Å². The first-order chi connectivity index (χ1) is 13.7. The lowest BCUT2D eigenvalue weighted by Crippen LogP contribution is -2.45. The predicted molar refractivity (Wildman–Crippen MR) is 115 cm³/mol. The monoisotopic (exact) mass is 477 g/mol. The molecule has 2 rings (SSSR count). The Morgan fingerprint density at radius 2 is 1.90 bits per heavy atom. The summed E-state index contributed by atoms with van der Waals surface area (Å²) in [5, 5.41) is 9.55. The van der Waals surface area contributed by atoms with Gasteiger partial charge in [0.1, 0.15) is 0 Å². The van der Waals surface area contributed by atoms with Crippen molar-refractivity contribution < 1.29 is 17.9 Å². The molecule has 8 heteroatoms. The maximum Gasteiger partial charge on any atom is 0.418 e. The zero-order valence-electron chi connectivity index (χ0n) is 17.1. The van der Waals surface area contributed by atoms with Gasteiger partial charge in [-0.1, -0.05) is 35.4 Å². The van der Waals surface area contributed by atoms with Crippen LogP contribution in [-0.4, -0.2) is 38.9 Å². The third kappa shape index (κ3) is 7.50. The zero-order chi connectivity index (χ0) is 21.4. The van der Waals surface area contributed by atoms with Crippen LogP contribution in [-0.2, 0) is 17.3 Å². The average Bonchev–Trinajstić information content (AvgIpc) is 2.65. The van der Waals surface area contributed by atoms with Gasteiger partial charge in [-0.05, 0) is 50.9 Å². The van der Waals surface area contributed by atoms with E-state index in [-0.39, 0.29) is 17.8 Å². The summed E-state index contributed by atoms with van der Waals surface area (Å²) in [6.45, 7) is 7.06. The Kier molecular flexibility index (Phi) is 9.30. The number of hydrogen-bond acceptors (Lipinski definition) is 4. The average molecular weight is 478 g/mol. The molecule has 29 heavy (non-hydrogen) atoms. The first-order valence-electron chi connectivity index (χ1n) is 10.0. The van der Waals surface area contributed by atoms with Crippen LogP contribution in [0.4, 0.5) is 18.9 Å². The molecule has 4 nitrogen and oxygen atoms in total. The smallest absolute Gasteiger partial charge is 0.387 e. The number of likely N-dealkylation sites (N-methyl/N-ethyl adjacent to an activating group) is 1. The van der Waals surface area contributed by atoms with Crippen LogP contribution in [0.2, 0.25) is 0 Å². The number of hydrogen-bond donors (Lipinski definition) is 3. The Morgan fingerprint density at radius 1 is 1.21 bits per heavy atom. The molecule has 0 radical (unpaired) electrons. The van der Waals surface area contributed by atoms with Crippen LogP contribution < -0.4 is 16.0 Å². The minimum absolute atomic E-state index is 0.0320. The van der Waals surface area contributed by atoms with E-state index in [1.54, 1.807) is 6.07 Å². The van der Waals surface area contributed by atoms with Gasteiger partial charge in [-0.15, -0.1) is 0 Å². The van der Waals surface area contributed by atoms with Gasteiger partial charge in [0, 0.05) is 28.8 Å². The van der Waals surface area contributed by atoms with E-state index in [0.29, 0.717) is 36.2 Å². The molecular weight excluding hydrogens is 447 g/mol. The van der Waals surface area contributed by atoms with E-state index in [1.807, 2.05) is 14.0 Å². The number of benzene rings is 1. The molecule has 1 aliphatic carbocycles. The topological polar surface area (TPSA) is 45.3 Å². The number of rotatable bonds is 10. The summed E-state index contributed by atoms with van der Waals surface area (Å²) in [6.07, 6.45) is -0.121. The van der Waals surface area contributed by atoms with Gasteiger partial charge in [0.25, 0.3) is 0 Å². The van der Waals surface area contributed by atoms with E-state index in [2.05, 4.69) is 38.5 Å². The third-order valence-corrected chi connectivity index (χ3v) is 5.60. The Hall–Kier alpha value is -1.25. The van der Waals surface area contributed by atoms with E-state index in [0.717, 1.165) is 37.4 Å². The number of halogens is 4. The summed E-state index contributed by atoms with van der Waals surface area (Å²) >= 11 is 3.24. The molecule has 3 N–H and O–H groups in total. The van der Waals surface area contributed by atoms with Crippen LogP contribution in [0.5, 0.6) is 0 Å². The Bertz CT molecular complexity index is 682. The molecule has 0 aromatic heterocycles. The summed E-state index contributed by atoms with van der Waals surface area (Å²) in [4.78, 5) is 0. The summed E-state index contributed by atoms with van der Waals surface area (Å²) in [7, 11) is 1.87. The molecule has 1 aliphatic rings.